The Morgan fingerprint density at radius 3 is 2.21 bits per heavy atom. The van der Waals surface area contributed by atoms with Crippen molar-refractivity contribution in [2.75, 3.05) is 7.11 Å². The van der Waals surface area contributed by atoms with Crippen molar-refractivity contribution in [2.45, 2.75) is 26.8 Å². The maximum atomic E-state index is 5.26. The van der Waals surface area contributed by atoms with Crippen LogP contribution in [-0.2, 0) is 13.0 Å². The molecule has 0 saturated heterocycles. The predicted octanol–water partition coefficient (Wildman–Crippen LogP) is 4.24. The zero-order valence-electron chi connectivity index (χ0n) is 14.6. The summed E-state index contributed by atoms with van der Waals surface area (Å²) in [6.45, 7) is 5.29. The number of hydrogen-bond donors (Lipinski definition) is 0. The Labute approximate surface area is 144 Å². The van der Waals surface area contributed by atoms with Crippen LogP contribution >= 0.6 is 0 Å². The van der Waals surface area contributed by atoms with Gasteiger partial charge in [-0.15, -0.1) is 0 Å². The molecule has 0 aliphatic carbocycles. The number of ether oxygens (including phenoxy) is 1. The van der Waals surface area contributed by atoms with E-state index >= 15 is 0 Å². The van der Waals surface area contributed by atoms with Gasteiger partial charge in [0.2, 0.25) is 0 Å². The molecule has 0 unspecified atom stereocenters. The third kappa shape index (κ3) is 3.65. The van der Waals surface area contributed by atoms with Crippen molar-refractivity contribution in [3.63, 3.8) is 0 Å². The molecule has 2 heteroatoms. The normalized spacial score (nSPS) is 10.6. The summed E-state index contributed by atoms with van der Waals surface area (Å²) in [7, 11) is 1.70. The summed E-state index contributed by atoms with van der Waals surface area (Å²) in [5.74, 6) is 0.900. The molecule has 1 heterocycles. The van der Waals surface area contributed by atoms with Crippen LogP contribution in [0.4, 0.5) is 0 Å². The molecule has 0 amide bonds. The van der Waals surface area contributed by atoms with Crippen LogP contribution in [0, 0.1) is 13.8 Å². The number of rotatable bonds is 5. The van der Waals surface area contributed by atoms with E-state index in [1.54, 1.807) is 7.11 Å². The van der Waals surface area contributed by atoms with Gasteiger partial charge < -0.3 is 4.74 Å². The highest BCUT2D eigenvalue weighted by Crippen LogP contribution is 2.17. The zero-order valence-corrected chi connectivity index (χ0v) is 14.6. The van der Waals surface area contributed by atoms with Gasteiger partial charge in [-0.1, -0.05) is 42.5 Å². The second kappa shape index (κ2) is 7.31. The molecule has 122 valence electrons. The lowest BCUT2D eigenvalue weighted by Crippen LogP contribution is -2.40. The summed E-state index contributed by atoms with van der Waals surface area (Å²) in [6.07, 6.45) is 3.12. The Balaban J connectivity index is 1.93. The van der Waals surface area contributed by atoms with Crippen molar-refractivity contribution in [3.05, 3.63) is 94.8 Å². The molecule has 3 rings (SSSR count). The van der Waals surface area contributed by atoms with E-state index in [4.69, 9.17) is 4.74 Å². The van der Waals surface area contributed by atoms with E-state index in [1.807, 2.05) is 12.1 Å². The molecular formula is C22H24NO+. The minimum Gasteiger partial charge on any atom is -0.497 e. The first-order chi connectivity index (χ1) is 11.7. The largest absolute Gasteiger partial charge is 0.497 e. The van der Waals surface area contributed by atoms with Gasteiger partial charge in [0.1, 0.15) is 5.75 Å². The van der Waals surface area contributed by atoms with E-state index in [1.165, 1.54) is 27.9 Å². The Bertz CT molecular complexity index is 807. The molecule has 0 radical (unpaired) electrons. The molecule has 0 aliphatic rings. The highest BCUT2D eigenvalue weighted by molar-refractivity contribution is 5.32. The van der Waals surface area contributed by atoms with Crippen molar-refractivity contribution in [1.82, 2.24) is 0 Å². The van der Waals surface area contributed by atoms with Crippen LogP contribution in [0.3, 0.4) is 0 Å². The molecule has 0 saturated carbocycles. The van der Waals surface area contributed by atoms with Gasteiger partial charge in [-0.3, -0.25) is 0 Å². The lowest BCUT2D eigenvalue weighted by Gasteiger charge is -2.10. The van der Waals surface area contributed by atoms with E-state index < -0.39 is 0 Å². The number of pyridine rings is 1. The van der Waals surface area contributed by atoms with Gasteiger partial charge in [0.25, 0.3) is 0 Å². The van der Waals surface area contributed by atoms with Gasteiger partial charge in [0, 0.05) is 17.2 Å². The average molecular weight is 318 g/mol. The lowest BCUT2D eigenvalue weighted by atomic mass is 10.0. The van der Waals surface area contributed by atoms with Crippen LogP contribution in [0.15, 0.2) is 66.9 Å². The first-order valence-electron chi connectivity index (χ1n) is 8.33. The Morgan fingerprint density at radius 1 is 0.833 bits per heavy atom. The van der Waals surface area contributed by atoms with Crippen molar-refractivity contribution < 1.29 is 9.30 Å². The molecular weight excluding hydrogens is 294 g/mol. The van der Waals surface area contributed by atoms with Gasteiger partial charge in [-0.2, -0.15) is 4.57 Å². The summed E-state index contributed by atoms with van der Waals surface area (Å²) in [6, 6.07) is 21.2. The minimum atomic E-state index is 0.896. The molecule has 24 heavy (non-hydrogen) atoms. The molecule has 1 aromatic heterocycles. The third-order valence-electron chi connectivity index (χ3n) is 4.60. The Hall–Kier alpha value is -2.61. The smallest absolute Gasteiger partial charge is 0.189 e. The third-order valence-corrected chi connectivity index (χ3v) is 4.60. The summed E-state index contributed by atoms with van der Waals surface area (Å²) in [5, 5.41) is 0. The van der Waals surface area contributed by atoms with E-state index in [0.717, 1.165) is 18.7 Å². The van der Waals surface area contributed by atoms with Crippen LogP contribution < -0.4 is 9.30 Å². The lowest BCUT2D eigenvalue weighted by molar-refractivity contribution is -0.695. The van der Waals surface area contributed by atoms with Gasteiger partial charge >= 0.3 is 0 Å². The van der Waals surface area contributed by atoms with Gasteiger partial charge in [-0.05, 0) is 37.1 Å². The van der Waals surface area contributed by atoms with Crippen molar-refractivity contribution >= 4 is 0 Å². The van der Waals surface area contributed by atoms with Crippen molar-refractivity contribution in [3.8, 4) is 5.75 Å². The topological polar surface area (TPSA) is 13.1 Å². The summed E-state index contributed by atoms with van der Waals surface area (Å²) in [4.78, 5) is 0. The van der Waals surface area contributed by atoms with Crippen LogP contribution in [0.2, 0.25) is 0 Å². The van der Waals surface area contributed by atoms with Gasteiger partial charge in [0.05, 0.1) is 13.5 Å². The zero-order chi connectivity index (χ0) is 16.9. The summed E-state index contributed by atoms with van der Waals surface area (Å²) < 4.78 is 7.62. The maximum Gasteiger partial charge on any atom is 0.189 e. The van der Waals surface area contributed by atoms with Crippen LogP contribution in [0.1, 0.15) is 27.9 Å². The molecule has 0 aliphatic heterocycles. The molecule has 0 spiro atoms. The number of methoxy groups -OCH3 is 1. The molecule has 2 aromatic carbocycles. The number of benzene rings is 2. The Kier molecular flexibility index (Phi) is 4.95. The molecule has 2 nitrogen and oxygen atoms in total. The van der Waals surface area contributed by atoms with Crippen LogP contribution in [0.5, 0.6) is 5.75 Å². The van der Waals surface area contributed by atoms with Crippen molar-refractivity contribution in [2.24, 2.45) is 0 Å². The maximum absolute atomic E-state index is 5.26. The highest BCUT2D eigenvalue weighted by atomic mass is 16.5. The number of aryl methyl sites for hydroxylation is 1. The average Bonchev–Trinajstić information content (AvgIpc) is 2.63. The van der Waals surface area contributed by atoms with Gasteiger partial charge in [-0.25, -0.2) is 0 Å². The second-order valence-corrected chi connectivity index (χ2v) is 6.21. The van der Waals surface area contributed by atoms with Crippen molar-refractivity contribution in [1.29, 1.82) is 0 Å². The summed E-state index contributed by atoms with van der Waals surface area (Å²) in [5.41, 5.74) is 6.68. The predicted molar refractivity (Wildman–Crippen MR) is 97.5 cm³/mol. The molecule has 0 atom stereocenters. The highest BCUT2D eigenvalue weighted by Gasteiger charge is 2.17. The SMILES string of the molecule is COc1ccc(Cc2c(C)c(C)cc[n+]2Cc2ccccc2)cc1. The van der Waals surface area contributed by atoms with E-state index in [2.05, 4.69) is 73.1 Å². The first-order valence-corrected chi connectivity index (χ1v) is 8.33. The second-order valence-electron chi connectivity index (χ2n) is 6.21. The molecule has 0 bridgehead atoms. The number of aromatic nitrogens is 1. The summed E-state index contributed by atoms with van der Waals surface area (Å²) >= 11 is 0. The fourth-order valence-corrected chi connectivity index (χ4v) is 2.96. The number of nitrogens with zero attached hydrogens (tertiary/aromatic N) is 1. The quantitative estimate of drug-likeness (QED) is 0.641. The Morgan fingerprint density at radius 2 is 1.54 bits per heavy atom. The van der Waals surface area contributed by atoms with Crippen LogP contribution in [-0.4, -0.2) is 7.11 Å². The van der Waals surface area contributed by atoms with E-state index in [9.17, 15) is 0 Å². The molecule has 0 fully saturated rings. The van der Waals surface area contributed by atoms with Gasteiger partial charge in [0.15, 0.2) is 18.4 Å². The fourth-order valence-electron chi connectivity index (χ4n) is 2.96. The first kappa shape index (κ1) is 16.3. The van der Waals surface area contributed by atoms with Crippen LogP contribution in [0.25, 0.3) is 0 Å². The molecule has 0 N–H and O–H groups in total. The minimum absolute atomic E-state index is 0.896. The molecule has 3 aromatic rings. The van der Waals surface area contributed by atoms with E-state index in [-0.39, 0.29) is 0 Å². The number of hydrogen-bond acceptors (Lipinski definition) is 1. The fraction of sp³-hybridized carbons (Fsp3) is 0.227. The standard InChI is InChI=1S/C22H24NO/c1-17-13-14-23(16-20-7-5-4-6-8-20)22(18(17)2)15-19-9-11-21(24-3)12-10-19/h4-14H,15-16H2,1-3H3/q+1. The van der Waals surface area contributed by atoms with E-state index in [0.29, 0.717) is 0 Å². The monoisotopic (exact) mass is 318 g/mol.